The van der Waals surface area contributed by atoms with Gasteiger partial charge in [0.05, 0.1) is 6.54 Å². The van der Waals surface area contributed by atoms with Gasteiger partial charge in [-0.15, -0.1) is 0 Å². The minimum atomic E-state index is 0.684. The van der Waals surface area contributed by atoms with Crippen molar-refractivity contribution in [1.82, 2.24) is 4.90 Å². The lowest BCUT2D eigenvalue weighted by Crippen LogP contribution is -2.34. The Morgan fingerprint density at radius 1 is 1.20 bits per heavy atom. The summed E-state index contributed by atoms with van der Waals surface area (Å²) in [5.41, 5.74) is 7.11. The molecule has 0 spiro atoms. The second-order valence-electron chi connectivity index (χ2n) is 3.85. The predicted octanol–water partition coefficient (Wildman–Crippen LogP) is 1.60. The first-order valence-electron chi connectivity index (χ1n) is 5.45. The van der Waals surface area contributed by atoms with Crippen molar-refractivity contribution in [2.75, 3.05) is 13.1 Å². The molecule has 80 valence electrons. The highest BCUT2D eigenvalue weighted by Crippen LogP contribution is 2.07. The normalized spacial score (nSPS) is 17.1. The largest absolute Gasteiger partial charge is 0.370 e. The molecule has 2 N–H and O–H groups in total. The Bertz CT molecular complexity index is 326. The Kier molecular flexibility index (Phi) is 3.22. The van der Waals surface area contributed by atoms with Crippen molar-refractivity contribution in [3.05, 3.63) is 35.9 Å². The van der Waals surface area contributed by atoms with Gasteiger partial charge in [0.15, 0.2) is 5.96 Å². The number of nitrogens with two attached hydrogens (primary N) is 1. The molecule has 1 heterocycles. The van der Waals surface area contributed by atoms with Crippen molar-refractivity contribution in [3.8, 4) is 0 Å². The number of hydrogen-bond acceptors (Lipinski definition) is 1. The van der Waals surface area contributed by atoms with Crippen LogP contribution in [0.3, 0.4) is 0 Å². The number of aliphatic imine (C=N–C) groups is 1. The summed E-state index contributed by atoms with van der Waals surface area (Å²) in [4.78, 5) is 6.55. The number of guanidine groups is 1. The Labute approximate surface area is 90.6 Å². The van der Waals surface area contributed by atoms with E-state index in [9.17, 15) is 0 Å². The van der Waals surface area contributed by atoms with Crippen molar-refractivity contribution >= 4 is 5.96 Å². The van der Waals surface area contributed by atoms with Crippen LogP contribution in [0.15, 0.2) is 35.3 Å². The Morgan fingerprint density at radius 2 is 1.87 bits per heavy atom. The molecule has 3 heteroatoms. The molecule has 1 fully saturated rings. The van der Waals surface area contributed by atoms with Crippen LogP contribution in [-0.4, -0.2) is 23.9 Å². The van der Waals surface area contributed by atoms with Gasteiger partial charge in [0.2, 0.25) is 0 Å². The second kappa shape index (κ2) is 4.82. The monoisotopic (exact) mass is 203 g/mol. The van der Waals surface area contributed by atoms with Crippen LogP contribution in [0.25, 0.3) is 0 Å². The van der Waals surface area contributed by atoms with Crippen molar-refractivity contribution in [1.29, 1.82) is 0 Å². The average Bonchev–Trinajstić information content (AvgIpc) is 2.81. The standard InChI is InChI=1S/C12H17N3/c13-12(15-8-4-5-9-15)14-10-11-6-2-1-3-7-11/h1-3,6-7H,4-5,8-10H2,(H2,13,14). The zero-order valence-electron chi connectivity index (χ0n) is 8.89. The van der Waals surface area contributed by atoms with E-state index in [1.165, 1.54) is 18.4 Å². The van der Waals surface area contributed by atoms with Gasteiger partial charge in [-0.25, -0.2) is 4.99 Å². The van der Waals surface area contributed by atoms with E-state index in [0.29, 0.717) is 12.5 Å². The molecule has 0 bridgehead atoms. The molecule has 0 amide bonds. The van der Waals surface area contributed by atoms with E-state index in [-0.39, 0.29) is 0 Å². The molecule has 1 aliphatic heterocycles. The average molecular weight is 203 g/mol. The van der Waals surface area contributed by atoms with Gasteiger partial charge < -0.3 is 10.6 Å². The third kappa shape index (κ3) is 2.72. The fourth-order valence-corrected chi connectivity index (χ4v) is 1.80. The van der Waals surface area contributed by atoms with E-state index < -0.39 is 0 Å². The fraction of sp³-hybridized carbons (Fsp3) is 0.417. The Hall–Kier alpha value is -1.51. The molecule has 3 nitrogen and oxygen atoms in total. The zero-order valence-corrected chi connectivity index (χ0v) is 8.89. The van der Waals surface area contributed by atoms with Gasteiger partial charge in [-0.3, -0.25) is 0 Å². The molecule has 0 aromatic heterocycles. The van der Waals surface area contributed by atoms with E-state index in [1.807, 2.05) is 18.2 Å². The van der Waals surface area contributed by atoms with E-state index in [0.717, 1.165) is 13.1 Å². The minimum absolute atomic E-state index is 0.684. The van der Waals surface area contributed by atoms with Crippen LogP contribution in [0.5, 0.6) is 0 Å². The first kappa shape index (κ1) is 10.0. The highest BCUT2D eigenvalue weighted by Gasteiger charge is 2.12. The first-order chi connectivity index (χ1) is 7.36. The van der Waals surface area contributed by atoms with Gasteiger partial charge in [0.25, 0.3) is 0 Å². The molecule has 0 unspecified atom stereocenters. The van der Waals surface area contributed by atoms with E-state index in [4.69, 9.17) is 5.73 Å². The zero-order chi connectivity index (χ0) is 10.5. The summed E-state index contributed by atoms with van der Waals surface area (Å²) >= 11 is 0. The SMILES string of the molecule is NC(=NCc1ccccc1)N1CCCC1. The smallest absolute Gasteiger partial charge is 0.191 e. The minimum Gasteiger partial charge on any atom is -0.370 e. The molecule has 0 aliphatic carbocycles. The molecule has 2 rings (SSSR count). The van der Waals surface area contributed by atoms with Crippen LogP contribution in [0, 0.1) is 0 Å². The number of hydrogen-bond donors (Lipinski definition) is 1. The lowest BCUT2D eigenvalue weighted by atomic mass is 10.2. The van der Waals surface area contributed by atoms with Gasteiger partial charge in [0.1, 0.15) is 0 Å². The number of rotatable bonds is 2. The molecule has 1 aromatic rings. The van der Waals surface area contributed by atoms with Crippen molar-refractivity contribution < 1.29 is 0 Å². The quantitative estimate of drug-likeness (QED) is 0.586. The predicted molar refractivity (Wildman–Crippen MR) is 62.6 cm³/mol. The van der Waals surface area contributed by atoms with Gasteiger partial charge in [0, 0.05) is 13.1 Å². The van der Waals surface area contributed by atoms with Gasteiger partial charge >= 0.3 is 0 Å². The van der Waals surface area contributed by atoms with Gasteiger partial charge in [-0.05, 0) is 18.4 Å². The fourth-order valence-electron chi connectivity index (χ4n) is 1.80. The summed E-state index contributed by atoms with van der Waals surface area (Å²) in [5, 5.41) is 0. The molecule has 1 saturated heterocycles. The van der Waals surface area contributed by atoms with Crippen LogP contribution in [-0.2, 0) is 6.54 Å². The number of likely N-dealkylation sites (tertiary alicyclic amines) is 1. The highest BCUT2D eigenvalue weighted by atomic mass is 15.3. The molecule has 15 heavy (non-hydrogen) atoms. The van der Waals surface area contributed by atoms with Crippen LogP contribution in [0.4, 0.5) is 0 Å². The number of benzene rings is 1. The molecule has 0 radical (unpaired) electrons. The van der Waals surface area contributed by atoms with E-state index in [1.54, 1.807) is 0 Å². The summed E-state index contributed by atoms with van der Waals surface area (Å²) in [6.07, 6.45) is 2.48. The highest BCUT2D eigenvalue weighted by molar-refractivity contribution is 5.78. The summed E-state index contributed by atoms with van der Waals surface area (Å²) in [7, 11) is 0. The lowest BCUT2D eigenvalue weighted by Gasteiger charge is -2.15. The maximum Gasteiger partial charge on any atom is 0.191 e. The van der Waals surface area contributed by atoms with Crippen molar-refractivity contribution in [2.45, 2.75) is 19.4 Å². The van der Waals surface area contributed by atoms with Crippen molar-refractivity contribution in [2.24, 2.45) is 10.7 Å². The maximum absolute atomic E-state index is 5.90. The lowest BCUT2D eigenvalue weighted by molar-refractivity contribution is 0.510. The van der Waals surface area contributed by atoms with Gasteiger partial charge in [-0.1, -0.05) is 30.3 Å². The van der Waals surface area contributed by atoms with Crippen LogP contribution >= 0.6 is 0 Å². The summed E-state index contributed by atoms with van der Waals surface area (Å²) in [5.74, 6) is 0.691. The Balaban J connectivity index is 1.93. The molecule has 1 aromatic carbocycles. The second-order valence-corrected chi connectivity index (χ2v) is 3.85. The maximum atomic E-state index is 5.90. The topological polar surface area (TPSA) is 41.6 Å². The van der Waals surface area contributed by atoms with E-state index in [2.05, 4.69) is 22.0 Å². The third-order valence-corrected chi connectivity index (χ3v) is 2.70. The number of nitrogens with zero attached hydrogens (tertiary/aromatic N) is 2. The van der Waals surface area contributed by atoms with Crippen LogP contribution < -0.4 is 5.73 Å². The summed E-state index contributed by atoms with van der Waals surface area (Å²) in [6, 6.07) is 10.2. The summed E-state index contributed by atoms with van der Waals surface area (Å²) < 4.78 is 0. The van der Waals surface area contributed by atoms with Crippen LogP contribution in [0.2, 0.25) is 0 Å². The molecule has 0 saturated carbocycles. The molecule has 0 atom stereocenters. The molecule has 1 aliphatic rings. The summed E-state index contributed by atoms with van der Waals surface area (Å²) in [6.45, 7) is 2.80. The molecular formula is C12H17N3. The first-order valence-corrected chi connectivity index (χ1v) is 5.45. The third-order valence-electron chi connectivity index (χ3n) is 2.70. The molecular weight excluding hydrogens is 186 g/mol. The van der Waals surface area contributed by atoms with E-state index >= 15 is 0 Å². The van der Waals surface area contributed by atoms with Gasteiger partial charge in [-0.2, -0.15) is 0 Å². The van der Waals surface area contributed by atoms with Crippen LogP contribution in [0.1, 0.15) is 18.4 Å². The Morgan fingerprint density at radius 3 is 2.53 bits per heavy atom. The van der Waals surface area contributed by atoms with Crippen molar-refractivity contribution in [3.63, 3.8) is 0 Å².